The summed E-state index contributed by atoms with van der Waals surface area (Å²) in [4.78, 5) is 13.9. The Morgan fingerprint density at radius 2 is 1.95 bits per heavy atom. The van der Waals surface area contributed by atoms with Crippen molar-refractivity contribution in [3.63, 3.8) is 0 Å². The highest BCUT2D eigenvalue weighted by Crippen LogP contribution is 2.30. The second-order valence-corrected chi connectivity index (χ2v) is 7.82. The SMILES string of the molecule is CN1CCc2ccc([B]OC(C)(C)C(C)(C)S)cc2C1=O. The molecule has 113 valence electrons. The lowest BCUT2D eigenvalue weighted by Gasteiger charge is -2.38. The Hall–Kier alpha value is -0.935. The van der Waals surface area contributed by atoms with Crippen molar-refractivity contribution in [2.45, 2.75) is 44.5 Å². The molecule has 2 rings (SSSR count). The van der Waals surface area contributed by atoms with Crippen molar-refractivity contribution in [2.75, 3.05) is 13.6 Å². The molecule has 0 aromatic heterocycles. The summed E-state index contributed by atoms with van der Waals surface area (Å²) < 4.78 is 5.64. The van der Waals surface area contributed by atoms with Gasteiger partial charge in [0.2, 0.25) is 0 Å². The van der Waals surface area contributed by atoms with Crippen LogP contribution < -0.4 is 5.46 Å². The molecule has 1 aromatic rings. The normalized spacial score (nSPS) is 15.9. The van der Waals surface area contributed by atoms with Gasteiger partial charge in [-0.25, -0.2) is 0 Å². The number of likely N-dealkylation sites (N-methyl/N-ethyl adjacent to an activating group) is 1. The van der Waals surface area contributed by atoms with E-state index in [1.165, 1.54) is 0 Å². The number of carbonyl (C=O) groups excluding carboxylic acids is 1. The van der Waals surface area contributed by atoms with Crippen molar-refractivity contribution in [1.82, 2.24) is 4.90 Å². The molecular weight excluding hydrogens is 281 g/mol. The first-order chi connectivity index (χ1) is 9.62. The van der Waals surface area contributed by atoms with E-state index in [0.29, 0.717) is 0 Å². The number of hydrogen-bond acceptors (Lipinski definition) is 3. The van der Waals surface area contributed by atoms with E-state index < -0.39 is 5.60 Å². The van der Waals surface area contributed by atoms with Gasteiger partial charge in [0.15, 0.2) is 0 Å². The van der Waals surface area contributed by atoms with Gasteiger partial charge in [-0.15, -0.1) is 0 Å². The van der Waals surface area contributed by atoms with Gasteiger partial charge in [0.25, 0.3) is 5.91 Å². The molecule has 1 radical (unpaired) electrons. The van der Waals surface area contributed by atoms with E-state index in [9.17, 15) is 4.79 Å². The third-order valence-electron chi connectivity index (χ3n) is 4.39. The van der Waals surface area contributed by atoms with Crippen LogP contribution >= 0.6 is 12.6 Å². The highest BCUT2D eigenvalue weighted by atomic mass is 32.1. The molecule has 1 aliphatic rings. The van der Waals surface area contributed by atoms with Crippen LogP contribution in [0.2, 0.25) is 0 Å². The summed E-state index contributed by atoms with van der Waals surface area (Å²) in [5.74, 6) is 0.0836. The van der Waals surface area contributed by atoms with Gasteiger partial charge in [-0.2, -0.15) is 12.6 Å². The fourth-order valence-corrected chi connectivity index (χ4v) is 2.09. The predicted octanol–water partition coefficient (Wildman–Crippen LogP) is 2.06. The summed E-state index contributed by atoms with van der Waals surface area (Å²) in [6.45, 7) is 8.85. The van der Waals surface area contributed by atoms with Crippen molar-refractivity contribution in [3.8, 4) is 0 Å². The van der Waals surface area contributed by atoms with E-state index in [4.69, 9.17) is 4.65 Å². The number of fused-ring (bicyclic) bond motifs is 1. The van der Waals surface area contributed by atoms with Crippen LogP contribution in [-0.2, 0) is 11.1 Å². The van der Waals surface area contributed by atoms with E-state index in [1.54, 1.807) is 12.4 Å². The molecule has 5 heteroatoms. The fraction of sp³-hybridized carbons (Fsp3) is 0.562. The minimum atomic E-state index is -0.410. The molecule has 0 N–H and O–H groups in total. The Labute approximate surface area is 133 Å². The van der Waals surface area contributed by atoms with Crippen LogP contribution in [0.1, 0.15) is 43.6 Å². The van der Waals surface area contributed by atoms with Crippen LogP contribution in [0.25, 0.3) is 0 Å². The van der Waals surface area contributed by atoms with Gasteiger partial charge in [-0.1, -0.05) is 23.7 Å². The molecule has 0 spiro atoms. The van der Waals surface area contributed by atoms with Gasteiger partial charge in [0, 0.05) is 23.9 Å². The lowest BCUT2D eigenvalue weighted by atomic mass is 9.81. The van der Waals surface area contributed by atoms with Crippen LogP contribution in [0.4, 0.5) is 0 Å². The maximum atomic E-state index is 12.2. The molecule has 0 bridgehead atoms. The zero-order valence-electron chi connectivity index (χ0n) is 13.4. The molecule has 0 saturated heterocycles. The molecule has 3 nitrogen and oxygen atoms in total. The number of amides is 1. The Balaban J connectivity index is 2.15. The predicted molar refractivity (Wildman–Crippen MR) is 90.7 cm³/mol. The number of carbonyl (C=O) groups is 1. The lowest BCUT2D eigenvalue weighted by molar-refractivity contribution is 0.0781. The first kappa shape index (κ1) is 16.4. The van der Waals surface area contributed by atoms with Crippen molar-refractivity contribution in [1.29, 1.82) is 0 Å². The summed E-state index contributed by atoms with van der Waals surface area (Å²) in [5.41, 5.74) is 2.39. The second-order valence-electron chi connectivity index (χ2n) is 6.70. The maximum absolute atomic E-state index is 12.2. The zero-order chi connectivity index (χ0) is 15.8. The van der Waals surface area contributed by atoms with Crippen LogP contribution in [0, 0.1) is 0 Å². The van der Waals surface area contributed by atoms with E-state index in [1.807, 2.05) is 52.9 Å². The molecule has 0 atom stereocenters. The van der Waals surface area contributed by atoms with Crippen LogP contribution in [0.15, 0.2) is 18.2 Å². The smallest absolute Gasteiger partial charge is 0.330 e. The third kappa shape index (κ3) is 3.46. The second kappa shape index (κ2) is 5.69. The quantitative estimate of drug-likeness (QED) is 0.681. The molecule has 1 aromatic carbocycles. The minimum Gasteiger partial charge on any atom is -0.428 e. The van der Waals surface area contributed by atoms with Gasteiger partial charge in [0.05, 0.1) is 5.60 Å². The van der Waals surface area contributed by atoms with E-state index in [0.717, 1.165) is 29.6 Å². The van der Waals surface area contributed by atoms with E-state index >= 15 is 0 Å². The van der Waals surface area contributed by atoms with E-state index in [2.05, 4.69) is 12.6 Å². The average Bonchev–Trinajstić information content (AvgIpc) is 2.40. The molecule has 1 heterocycles. The third-order valence-corrected chi connectivity index (χ3v) is 4.93. The minimum absolute atomic E-state index is 0.0836. The Morgan fingerprint density at radius 3 is 2.57 bits per heavy atom. The Kier molecular flexibility index (Phi) is 4.45. The van der Waals surface area contributed by atoms with Gasteiger partial charge in [-0.05, 0) is 39.7 Å². The van der Waals surface area contributed by atoms with Gasteiger partial charge < -0.3 is 9.55 Å². The summed E-state index contributed by atoms with van der Waals surface area (Å²) in [5, 5.41) is 0. The van der Waals surface area contributed by atoms with Crippen molar-refractivity contribution in [2.24, 2.45) is 0 Å². The zero-order valence-corrected chi connectivity index (χ0v) is 14.3. The number of thiol groups is 1. The summed E-state index contributed by atoms with van der Waals surface area (Å²) in [7, 11) is 3.56. The standard InChI is InChI=1S/C16H23BNO2S/c1-15(2,16(3,4)21)20-17-12-7-6-11-8-9-18(5)14(19)13(11)10-12/h6-7,10,21H,8-9H2,1-5H3. The summed E-state index contributed by atoms with van der Waals surface area (Å²) in [6.07, 6.45) is 0.911. The Morgan fingerprint density at radius 1 is 1.29 bits per heavy atom. The van der Waals surface area contributed by atoms with Crippen molar-refractivity contribution in [3.05, 3.63) is 29.3 Å². The molecule has 0 saturated carbocycles. The largest absolute Gasteiger partial charge is 0.428 e. The molecular formula is C16H23BNO2S. The highest BCUT2D eigenvalue weighted by molar-refractivity contribution is 7.81. The monoisotopic (exact) mass is 304 g/mol. The van der Waals surface area contributed by atoms with E-state index in [-0.39, 0.29) is 10.7 Å². The first-order valence-corrected chi connectivity index (χ1v) is 7.68. The molecule has 1 amide bonds. The van der Waals surface area contributed by atoms with Crippen LogP contribution in [-0.4, -0.2) is 42.2 Å². The Bertz CT molecular complexity index is 552. The number of benzene rings is 1. The number of rotatable bonds is 4. The number of nitrogens with zero attached hydrogens (tertiary/aromatic N) is 1. The molecule has 1 aliphatic heterocycles. The topological polar surface area (TPSA) is 29.5 Å². The molecule has 21 heavy (non-hydrogen) atoms. The van der Waals surface area contributed by atoms with Crippen molar-refractivity contribution < 1.29 is 9.45 Å². The van der Waals surface area contributed by atoms with Gasteiger partial charge in [0.1, 0.15) is 0 Å². The summed E-state index contributed by atoms with van der Waals surface area (Å²) in [6, 6.07) is 5.93. The van der Waals surface area contributed by atoms with Crippen LogP contribution in [0.5, 0.6) is 0 Å². The van der Waals surface area contributed by atoms with Crippen molar-refractivity contribution >= 4 is 31.5 Å². The highest BCUT2D eigenvalue weighted by Gasteiger charge is 2.34. The fourth-order valence-electron chi connectivity index (χ4n) is 2.04. The lowest BCUT2D eigenvalue weighted by Crippen LogP contribution is -2.46. The maximum Gasteiger partial charge on any atom is 0.330 e. The average molecular weight is 304 g/mol. The van der Waals surface area contributed by atoms with Crippen LogP contribution in [0.3, 0.4) is 0 Å². The molecule has 0 aliphatic carbocycles. The van der Waals surface area contributed by atoms with Gasteiger partial charge in [-0.3, -0.25) is 4.79 Å². The number of hydrogen-bond donors (Lipinski definition) is 1. The molecule has 0 unspecified atom stereocenters. The molecule has 0 fully saturated rings. The van der Waals surface area contributed by atoms with Gasteiger partial charge >= 0.3 is 7.48 Å². The first-order valence-electron chi connectivity index (χ1n) is 7.23. The summed E-state index contributed by atoms with van der Waals surface area (Å²) >= 11 is 4.58.